The summed E-state index contributed by atoms with van der Waals surface area (Å²) in [5.74, 6) is 0. The van der Waals surface area contributed by atoms with Crippen molar-refractivity contribution in [2.45, 2.75) is 68.7 Å². The zero-order valence-electron chi connectivity index (χ0n) is 27.4. The van der Waals surface area contributed by atoms with E-state index in [9.17, 15) is 0 Å². The van der Waals surface area contributed by atoms with Gasteiger partial charge in [0.15, 0.2) is 0 Å². The number of allylic oxidation sites excluding steroid dienone is 3. The van der Waals surface area contributed by atoms with Crippen molar-refractivity contribution >= 4 is 32.3 Å². The number of hydrogen-bond donors (Lipinski definition) is 0. The van der Waals surface area contributed by atoms with Crippen LogP contribution in [0.15, 0.2) is 122 Å². The molecule has 0 N–H and O–H groups in total. The molecule has 0 aliphatic heterocycles. The van der Waals surface area contributed by atoms with E-state index in [0.29, 0.717) is 0 Å². The van der Waals surface area contributed by atoms with Crippen molar-refractivity contribution in [2.75, 3.05) is 0 Å². The summed E-state index contributed by atoms with van der Waals surface area (Å²) in [4.78, 5) is 0. The van der Waals surface area contributed by atoms with Crippen molar-refractivity contribution in [2.24, 2.45) is 0 Å². The fraction of sp³-hybridized carbons (Fsp3) is 0.238. The maximum atomic E-state index is 3.36. The molecule has 0 heteroatoms. The van der Waals surface area contributed by atoms with E-state index < -0.39 is 0 Å². The Morgan fingerprint density at radius 2 is 0.881 bits per heavy atom. The minimum atomic E-state index is 1.07. The maximum absolute atomic E-state index is 3.36. The van der Waals surface area contributed by atoms with Gasteiger partial charge in [-0.25, -0.2) is 0 Å². The van der Waals surface area contributed by atoms with Gasteiger partial charge in [-0.05, 0) is 94.3 Å². The van der Waals surface area contributed by atoms with Crippen LogP contribution in [0.25, 0.3) is 54.6 Å². The lowest BCUT2D eigenvalue weighted by Crippen LogP contribution is -1.90. The highest BCUT2D eigenvalue weighted by molar-refractivity contribution is 6.27. The summed E-state index contributed by atoms with van der Waals surface area (Å²) in [6.45, 7) is 21.6. The fourth-order valence-electron chi connectivity index (χ4n) is 4.96. The molecule has 0 radical (unpaired) electrons. The quantitative estimate of drug-likeness (QED) is 0.151. The Labute approximate surface area is 255 Å². The molecule has 6 rings (SSSR count). The van der Waals surface area contributed by atoms with Crippen LogP contribution in [-0.2, 0) is 6.42 Å². The highest BCUT2D eigenvalue weighted by Crippen LogP contribution is 2.42. The maximum Gasteiger partial charge on any atom is -0.00203 e. The molecule has 0 spiro atoms. The molecule has 42 heavy (non-hydrogen) atoms. The van der Waals surface area contributed by atoms with Crippen molar-refractivity contribution in [3.8, 4) is 22.3 Å². The summed E-state index contributed by atoms with van der Waals surface area (Å²) in [6.07, 6.45) is 6.82. The van der Waals surface area contributed by atoms with Gasteiger partial charge in [0.2, 0.25) is 0 Å². The van der Waals surface area contributed by atoms with Gasteiger partial charge in [0.05, 0.1) is 0 Å². The lowest BCUT2D eigenvalue weighted by Gasteiger charge is -2.16. The SMILES string of the molecule is C/C=C\C.C=CC.CC.CC.CCc1ccc(-c2ccc3ccc4c(-c5ccc(C)cc5)ccc5ccc2c3c54)cc1. The van der Waals surface area contributed by atoms with E-state index in [2.05, 4.69) is 117 Å². The minimum Gasteiger partial charge on any atom is -0.103 e. The molecule has 0 fully saturated rings. The van der Waals surface area contributed by atoms with Crippen molar-refractivity contribution in [3.63, 3.8) is 0 Å². The summed E-state index contributed by atoms with van der Waals surface area (Å²) in [5, 5.41) is 8.03. The molecule has 0 saturated heterocycles. The lowest BCUT2D eigenvalue weighted by atomic mass is 9.87. The summed E-state index contributed by atoms with van der Waals surface area (Å²) in [6, 6.07) is 36.2. The van der Waals surface area contributed by atoms with Gasteiger partial charge in [-0.2, -0.15) is 0 Å². The topological polar surface area (TPSA) is 0 Å². The molecule has 6 aromatic rings. The summed E-state index contributed by atoms with van der Waals surface area (Å²) in [7, 11) is 0. The van der Waals surface area contributed by atoms with Gasteiger partial charge in [-0.1, -0.05) is 155 Å². The van der Waals surface area contributed by atoms with E-state index in [1.807, 2.05) is 60.6 Å². The summed E-state index contributed by atoms with van der Waals surface area (Å²) in [5.41, 5.74) is 7.85. The first-order chi connectivity index (χ1) is 20.6. The van der Waals surface area contributed by atoms with Crippen molar-refractivity contribution in [1.29, 1.82) is 0 Å². The summed E-state index contributed by atoms with van der Waals surface area (Å²) < 4.78 is 0. The molecule has 0 unspecified atom stereocenters. The number of aryl methyl sites for hydroxylation is 2. The molecule has 0 amide bonds. The third-order valence-electron chi connectivity index (χ3n) is 7.03. The average molecular weight is 555 g/mol. The standard InChI is InChI=1S/C31H24.C4H8.C3H6.2C2H6/c1-3-21-6-10-23(11-7-21)27-17-13-25-14-18-28-26(22-8-4-20(2)5-9-22)16-12-24-15-19-29(27)31(25)30(24)28;1-3-4-2;1-3-2;2*1-2/h4-19H,3H2,1-2H3;3-4H,1-2H3;3H,1H2,2H3;2*1-2H3/b;4-3-;;;. The van der Waals surface area contributed by atoms with Gasteiger partial charge in [-0.3, -0.25) is 0 Å². The lowest BCUT2D eigenvalue weighted by molar-refractivity contribution is 1.14. The smallest absolute Gasteiger partial charge is 0.00203 e. The fourth-order valence-corrected chi connectivity index (χ4v) is 4.96. The van der Waals surface area contributed by atoms with Crippen molar-refractivity contribution in [3.05, 3.63) is 133 Å². The van der Waals surface area contributed by atoms with Crippen LogP contribution in [0, 0.1) is 6.92 Å². The molecule has 0 bridgehead atoms. The molecule has 218 valence electrons. The van der Waals surface area contributed by atoms with Gasteiger partial charge >= 0.3 is 0 Å². The van der Waals surface area contributed by atoms with Crippen LogP contribution in [-0.4, -0.2) is 0 Å². The van der Waals surface area contributed by atoms with Crippen LogP contribution < -0.4 is 0 Å². The second kappa shape index (κ2) is 17.6. The highest BCUT2D eigenvalue weighted by atomic mass is 14.2. The van der Waals surface area contributed by atoms with Crippen molar-refractivity contribution in [1.82, 2.24) is 0 Å². The first-order valence-corrected chi connectivity index (χ1v) is 15.6. The summed E-state index contributed by atoms with van der Waals surface area (Å²) >= 11 is 0. The van der Waals surface area contributed by atoms with E-state index in [0.717, 1.165) is 6.42 Å². The monoisotopic (exact) mass is 554 g/mol. The van der Waals surface area contributed by atoms with E-state index in [4.69, 9.17) is 0 Å². The molecule has 0 nitrogen and oxygen atoms in total. The largest absolute Gasteiger partial charge is 0.103 e. The van der Waals surface area contributed by atoms with Crippen LogP contribution in [0.4, 0.5) is 0 Å². The molecule has 0 aromatic heterocycles. The predicted octanol–water partition coefficient (Wildman–Crippen LogP) is 13.6. The molecular formula is C42H50. The number of rotatable bonds is 3. The third-order valence-corrected chi connectivity index (χ3v) is 7.03. The van der Waals surface area contributed by atoms with Gasteiger partial charge < -0.3 is 0 Å². The highest BCUT2D eigenvalue weighted by Gasteiger charge is 2.14. The first-order valence-electron chi connectivity index (χ1n) is 15.6. The second-order valence-corrected chi connectivity index (χ2v) is 9.64. The van der Waals surface area contributed by atoms with Crippen LogP contribution in [0.2, 0.25) is 0 Å². The Hall–Kier alpha value is -4.16. The Kier molecular flexibility index (Phi) is 14.3. The molecule has 0 heterocycles. The van der Waals surface area contributed by atoms with E-state index in [1.54, 1.807) is 6.08 Å². The van der Waals surface area contributed by atoms with Gasteiger partial charge in [0, 0.05) is 0 Å². The number of benzene rings is 6. The Morgan fingerprint density at radius 1 is 0.524 bits per heavy atom. The molecule has 0 atom stereocenters. The van der Waals surface area contributed by atoms with E-state index >= 15 is 0 Å². The van der Waals surface area contributed by atoms with Crippen LogP contribution in [0.1, 0.15) is 66.5 Å². The number of hydrogen-bond acceptors (Lipinski definition) is 0. The predicted molar refractivity (Wildman–Crippen MR) is 194 cm³/mol. The van der Waals surface area contributed by atoms with Gasteiger partial charge in [0.1, 0.15) is 0 Å². The zero-order valence-corrected chi connectivity index (χ0v) is 27.4. The van der Waals surface area contributed by atoms with Gasteiger partial charge in [0.25, 0.3) is 0 Å². The normalized spacial score (nSPS) is 10.1. The second-order valence-electron chi connectivity index (χ2n) is 9.64. The Morgan fingerprint density at radius 3 is 1.24 bits per heavy atom. The van der Waals surface area contributed by atoms with Crippen LogP contribution in [0.5, 0.6) is 0 Å². The molecule has 0 aliphatic rings. The molecule has 6 aromatic carbocycles. The first kappa shape index (κ1) is 34.0. The Balaban J connectivity index is 0.000000495. The van der Waals surface area contributed by atoms with E-state index in [1.165, 1.54) is 65.7 Å². The minimum absolute atomic E-state index is 1.07. The zero-order chi connectivity index (χ0) is 31.1. The van der Waals surface area contributed by atoms with E-state index in [-0.39, 0.29) is 0 Å². The van der Waals surface area contributed by atoms with Crippen LogP contribution in [0.3, 0.4) is 0 Å². The molecule has 0 aliphatic carbocycles. The average Bonchev–Trinajstić information content (AvgIpc) is 3.06. The van der Waals surface area contributed by atoms with Gasteiger partial charge in [-0.15, -0.1) is 6.58 Å². The van der Waals surface area contributed by atoms with Crippen LogP contribution >= 0.6 is 0 Å². The molecule has 0 saturated carbocycles. The van der Waals surface area contributed by atoms with Crippen molar-refractivity contribution < 1.29 is 0 Å². The third kappa shape index (κ3) is 7.77. The Bertz CT molecular complexity index is 1660. The molecular weight excluding hydrogens is 504 g/mol.